The van der Waals surface area contributed by atoms with Gasteiger partial charge in [0.1, 0.15) is 5.75 Å². The Balaban J connectivity index is 1.41. The number of sulfone groups is 1. The fourth-order valence-corrected chi connectivity index (χ4v) is 6.30. The number of hydrogen-bond acceptors (Lipinski definition) is 4. The molecule has 2 aromatic rings. The summed E-state index contributed by atoms with van der Waals surface area (Å²) in [7, 11) is 0.862. The second-order valence-electron chi connectivity index (χ2n) is 8.14. The Morgan fingerprint density at radius 1 is 1.18 bits per heavy atom. The van der Waals surface area contributed by atoms with E-state index in [0.29, 0.717) is 17.2 Å². The Labute approximate surface area is 168 Å². The number of fused-ring (bicyclic) bond motifs is 2. The van der Waals surface area contributed by atoms with Crippen LogP contribution in [-0.4, -0.2) is 46.3 Å². The third-order valence-corrected chi connectivity index (χ3v) is 8.02. The monoisotopic (exact) mass is 399 g/mol. The van der Waals surface area contributed by atoms with Crippen LogP contribution in [0.5, 0.6) is 5.75 Å². The van der Waals surface area contributed by atoms with E-state index in [1.54, 1.807) is 7.11 Å². The Morgan fingerprint density at radius 3 is 2.86 bits per heavy atom. The van der Waals surface area contributed by atoms with E-state index >= 15 is 0 Å². The standard InChI is InChI=1S/C23H29NO3S/c1-24(13-11-17-9-10-18-12-14-28(25,26)23(18)15-17)16-19-5-3-7-21-20(19)6-4-8-22(21)27-2/h4,6,8-10,15,19H,3,5,7,11-14,16H2,1-2H3/t19-/m0/s1. The van der Waals surface area contributed by atoms with Crippen molar-refractivity contribution < 1.29 is 13.2 Å². The van der Waals surface area contributed by atoms with Gasteiger partial charge in [0.05, 0.1) is 17.8 Å². The van der Waals surface area contributed by atoms with Crippen LogP contribution in [-0.2, 0) is 29.1 Å². The molecule has 0 amide bonds. The number of hydrogen-bond donors (Lipinski definition) is 0. The number of likely N-dealkylation sites (N-methyl/N-ethyl adjacent to an activating group) is 1. The predicted octanol–water partition coefficient (Wildman–Crippen LogP) is 3.62. The lowest BCUT2D eigenvalue weighted by Crippen LogP contribution is -2.28. The summed E-state index contributed by atoms with van der Waals surface area (Å²) in [6, 6.07) is 12.4. The van der Waals surface area contributed by atoms with Crippen LogP contribution in [0.25, 0.3) is 0 Å². The fourth-order valence-electron chi connectivity index (χ4n) is 4.69. The van der Waals surface area contributed by atoms with E-state index in [1.165, 1.54) is 24.0 Å². The number of nitrogens with zero attached hydrogens (tertiary/aromatic N) is 1. The summed E-state index contributed by atoms with van der Waals surface area (Å²) >= 11 is 0. The highest BCUT2D eigenvalue weighted by Gasteiger charge is 2.26. The molecule has 0 unspecified atom stereocenters. The van der Waals surface area contributed by atoms with Gasteiger partial charge in [0.25, 0.3) is 0 Å². The van der Waals surface area contributed by atoms with Crippen LogP contribution < -0.4 is 4.74 Å². The molecule has 0 saturated carbocycles. The lowest BCUT2D eigenvalue weighted by atomic mass is 9.82. The molecule has 0 saturated heterocycles. The van der Waals surface area contributed by atoms with Gasteiger partial charge in [-0.05, 0) is 79.5 Å². The summed E-state index contributed by atoms with van der Waals surface area (Å²) in [4.78, 5) is 2.93. The van der Waals surface area contributed by atoms with Crippen LogP contribution >= 0.6 is 0 Å². The van der Waals surface area contributed by atoms with Crippen LogP contribution in [0.2, 0.25) is 0 Å². The van der Waals surface area contributed by atoms with Crippen LogP contribution in [0.1, 0.15) is 41.0 Å². The highest BCUT2D eigenvalue weighted by Crippen LogP contribution is 2.37. The molecule has 0 fully saturated rings. The molecule has 4 rings (SSSR count). The third kappa shape index (κ3) is 3.83. The van der Waals surface area contributed by atoms with Gasteiger partial charge in [-0.1, -0.05) is 24.3 Å². The molecular weight excluding hydrogens is 370 g/mol. The van der Waals surface area contributed by atoms with Crippen molar-refractivity contribution in [2.75, 3.05) is 33.0 Å². The zero-order valence-electron chi connectivity index (χ0n) is 16.8. The minimum Gasteiger partial charge on any atom is -0.496 e. The van der Waals surface area contributed by atoms with Crippen LogP contribution in [0, 0.1) is 0 Å². The first kappa shape index (κ1) is 19.5. The summed E-state index contributed by atoms with van der Waals surface area (Å²) in [5, 5.41) is 0. The first-order chi connectivity index (χ1) is 13.5. The predicted molar refractivity (Wildman–Crippen MR) is 112 cm³/mol. The molecule has 28 heavy (non-hydrogen) atoms. The van der Waals surface area contributed by atoms with Crippen LogP contribution in [0.15, 0.2) is 41.3 Å². The summed E-state index contributed by atoms with van der Waals surface area (Å²) in [6.45, 7) is 1.94. The zero-order valence-corrected chi connectivity index (χ0v) is 17.6. The van der Waals surface area contributed by atoms with Gasteiger partial charge in [0.2, 0.25) is 0 Å². The van der Waals surface area contributed by atoms with Crippen molar-refractivity contribution in [3.8, 4) is 5.75 Å². The van der Waals surface area contributed by atoms with Crippen molar-refractivity contribution >= 4 is 9.84 Å². The van der Waals surface area contributed by atoms with Gasteiger partial charge in [0, 0.05) is 13.1 Å². The van der Waals surface area contributed by atoms with E-state index in [-0.39, 0.29) is 5.75 Å². The number of aryl methyl sites for hydroxylation is 1. The highest BCUT2D eigenvalue weighted by atomic mass is 32.2. The number of ether oxygens (including phenoxy) is 1. The molecule has 150 valence electrons. The van der Waals surface area contributed by atoms with Gasteiger partial charge in [-0.2, -0.15) is 0 Å². The Morgan fingerprint density at radius 2 is 2.04 bits per heavy atom. The molecular formula is C23H29NO3S. The molecule has 1 aliphatic heterocycles. The Bertz CT molecular complexity index is 968. The first-order valence-electron chi connectivity index (χ1n) is 10.2. The summed E-state index contributed by atoms with van der Waals surface area (Å²) in [5.74, 6) is 1.81. The Hall–Kier alpha value is -1.85. The van der Waals surface area contributed by atoms with Gasteiger partial charge >= 0.3 is 0 Å². The molecule has 1 aliphatic carbocycles. The minimum absolute atomic E-state index is 0.260. The third-order valence-electron chi connectivity index (χ3n) is 6.23. The molecule has 0 radical (unpaired) electrons. The topological polar surface area (TPSA) is 46.6 Å². The van der Waals surface area contributed by atoms with Crippen molar-refractivity contribution in [3.05, 3.63) is 58.7 Å². The normalized spacial score (nSPS) is 20.0. The van der Waals surface area contributed by atoms with Crippen molar-refractivity contribution in [1.82, 2.24) is 4.90 Å². The van der Waals surface area contributed by atoms with Crippen LogP contribution in [0.3, 0.4) is 0 Å². The van der Waals surface area contributed by atoms with E-state index < -0.39 is 9.84 Å². The van der Waals surface area contributed by atoms with Crippen molar-refractivity contribution in [2.24, 2.45) is 0 Å². The largest absolute Gasteiger partial charge is 0.496 e. The minimum atomic E-state index is -3.05. The second kappa shape index (κ2) is 7.88. The van der Waals surface area contributed by atoms with Crippen molar-refractivity contribution in [2.45, 2.75) is 42.9 Å². The van der Waals surface area contributed by atoms with Gasteiger partial charge < -0.3 is 9.64 Å². The summed E-state index contributed by atoms with van der Waals surface area (Å²) in [6.07, 6.45) is 5.04. The maximum atomic E-state index is 12.2. The molecule has 2 aromatic carbocycles. The van der Waals surface area contributed by atoms with Gasteiger partial charge in [0.15, 0.2) is 9.84 Å². The highest BCUT2D eigenvalue weighted by molar-refractivity contribution is 7.91. The molecule has 0 aromatic heterocycles. The molecule has 0 N–H and O–H groups in total. The molecule has 2 aliphatic rings. The maximum absolute atomic E-state index is 12.2. The Kier molecular flexibility index (Phi) is 5.48. The van der Waals surface area contributed by atoms with Crippen molar-refractivity contribution in [1.29, 1.82) is 0 Å². The quantitative estimate of drug-likeness (QED) is 0.744. The fraction of sp³-hybridized carbons (Fsp3) is 0.478. The molecule has 1 heterocycles. The average Bonchev–Trinajstić information content (AvgIpc) is 3.00. The van der Waals surface area contributed by atoms with E-state index in [0.717, 1.165) is 42.8 Å². The van der Waals surface area contributed by atoms with E-state index in [9.17, 15) is 8.42 Å². The van der Waals surface area contributed by atoms with Gasteiger partial charge in [-0.25, -0.2) is 8.42 Å². The zero-order chi connectivity index (χ0) is 19.7. The summed E-state index contributed by atoms with van der Waals surface area (Å²) < 4.78 is 29.9. The lowest BCUT2D eigenvalue weighted by molar-refractivity contribution is 0.299. The van der Waals surface area contributed by atoms with E-state index in [2.05, 4.69) is 36.2 Å². The molecule has 4 nitrogen and oxygen atoms in total. The van der Waals surface area contributed by atoms with Gasteiger partial charge in [-0.15, -0.1) is 0 Å². The SMILES string of the molecule is COc1cccc2c1CCC[C@H]2CN(C)CCc1ccc2c(c1)S(=O)(=O)CC2. The van der Waals surface area contributed by atoms with Crippen molar-refractivity contribution in [3.63, 3.8) is 0 Å². The smallest absolute Gasteiger partial charge is 0.178 e. The first-order valence-corrected chi connectivity index (χ1v) is 11.8. The molecule has 1 atom stereocenters. The van der Waals surface area contributed by atoms with E-state index in [1.807, 2.05) is 12.1 Å². The number of methoxy groups -OCH3 is 1. The second-order valence-corrected chi connectivity index (χ2v) is 10.2. The number of benzene rings is 2. The molecule has 0 spiro atoms. The number of rotatable bonds is 6. The lowest BCUT2D eigenvalue weighted by Gasteiger charge is -2.30. The molecule has 0 bridgehead atoms. The van der Waals surface area contributed by atoms with E-state index in [4.69, 9.17) is 4.74 Å². The van der Waals surface area contributed by atoms with Crippen LogP contribution in [0.4, 0.5) is 0 Å². The maximum Gasteiger partial charge on any atom is 0.178 e. The van der Waals surface area contributed by atoms with Gasteiger partial charge in [-0.3, -0.25) is 0 Å². The molecule has 5 heteroatoms. The average molecular weight is 400 g/mol. The summed E-state index contributed by atoms with van der Waals surface area (Å²) in [5.41, 5.74) is 4.89.